The molecule has 0 saturated heterocycles. The topological polar surface area (TPSA) is 80.5 Å². The smallest absolute Gasteiger partial charge is 0.256 e. The van der Waals surface area contributed by atoms with Crippen LogP contribution in [0.3, 0.4) is 0 Å². The molecule has 0 bridgehead atoms. The fraction of sp³-hybridized carbons (Fsp3) is 0.462. The molecule has 0 spiro atoms. The predicted molar refractivity (Wildman–Crippen MR) is 74.1 cm³/mol. The van der Waals surface area contributed by atoms with E-state index in [2.05, 4.69) is 0 Å². The van der Waals surface area contributed by atoms with Gasteiger partial charge in [0.1, 0.15) is 10.7 Å². The first-order chi connectivity index (χ1) is 9.57. The molecular formula is C13H18F2N2O3S. The number of amides is 1. The summed E-state index contributed by atoms with van der Waals surface area (Å²) in [6, 6.07) is 1.13. The molecule has 0 radical (unpaired) electrons. The Morgan fingerprint density at radius 2 is 1.90 bits per heavy atom. The molecule has 1 aromatic carbocycles. The van der Waals surface area contributed by atoms with Crippen molar-refractivity contribution in [3.63, 3.8) is 0 Å². The summed E-state index contributed by atoms with van der Waals surface area (Å²) >= 11 is 0. The van der Waals surface area contributed by atoms with Gasteiger partial charge in [-0.25, -0.2) is 22.3 Å². The summed E-state index contributed by atoms with van der Waals surface area (Å²) in [6.45, 7) is 6.06. The highest BCUT2D eigenvalue weighted by Gasteiger charge is 2.26. The van der Waals surface area contributed by atoms with Crippen molar-refractivity contribution >= 4 is 15.9 Å². The highest BCUT2D eigenvalue weighted by Crippen LogP contribution is 2.21. The van der Waals surface area contributed by atoms with E-state index in [4.69, 9.17) is 5.14 Å². The second kappa shape index (κ2) is 6.48. The summed E-state index contributed by atoms with van der Waals surface area (Å²) in [5.74, 6) is -3.01. The maximum Gasteiger partial charge on any atom is 0.256 e. The maximum atomic E-state index is 14.2. The minimum atomic E-state index is -4.45. The standard InChI is InChI=1S/C13H18F2N2O3S/c1-4-17(7-8(2)3)13(18)10-5-9(14)6-11(12(10)15)21(16,19)20/h5-6,8H,4,7H2,1-3H3,(H2,16,19,20). The van der Waals surface area contributed by atoms with Crippen molar-refractivity contribution in [2.75, 3.05) is 13.1 Å². The van der Waals surface area contributed by atoms with Crippen molar-refractivity contribution < 1.29 is 22.0 Å². The lowest BCUT2D eigenvalue weighted by Gasteiger charge is -2.23. The molecule has 0 atom stereocenters. The molecule has 118 valence electrons. The highest BCUT2D eigenvalue weighted by molar-refractivity contribution is 7.89. The lowest BCUT2D eigenvalue weighted by molar-refractivity contribution is 0.0740. The first kappa shape index (κ1) is 17.5. The average molecular weight is 320 g/mol. The van der Waals surface area contributed by atoms with Crippen LogP contribution in [0.25, 0.3) is 0 Å². The Morgan fingerprint density at radius 3 is 2.33 bits per heavy atom. The molecule has 0 saturated carbocycles. The van der Waals surface area contributed by atoms with Crippen molar-refractivity contribution in [3.8, 4) is 0 Å². The van der Waals surface area contributed by atoms with E-state index in [-0.39, 0.29) is 12.5 Å². The van der Waals surface area contributed by atoms with Gasteiger partial charge in [-0.3, -0.25) is 4.79 Å². The van der Waals surface area contributed by atoms with E-state index in [1.807, 2.05) is 13.8 Å². The molecule has 0 unspecified atom stereocenters. The number of sulfonamides is 1. The molecule has 0 heterocycles. The zero-order chi connectivity index (χ0) is 16.4. The lowest BCUT2D eigenvalue weighted by atomic mass is 10.1. The van der Waals surface area contributed by atoms with Crippen molar-refractivity contribution in [1.29, 1.82) is 0 Å². The normalized spacial score (nSPS) is 11.8. The Hall–Kier alpha value is -1.54. The first-order valence-corrected chi connectivity index (χ1v) is 7.93. The molecule has 0 aliphatic heterocycles. The fourth-order valence-corrected chi connectivity index (χ4v) is 2.53. The molecule has 2 N–H and O–H groups in total. The molecule has 21 heavy (non-hydrogen) atoms. The molecule has 0 fully saturated rings. The van der Waals surface area contributed by atoms with Gasteiger partial charge in [0.25, 0.3) is 5.91 Å². The first-order valence-electron chi connectivity index (χ1n) is 6.39. The Bertz CT molecular complexity index is 645. The number of nitrogens with zero attached hydrogens (tertiary/aromatic N) is 1. The lowest BCUT2D eigenvalue weighted by Crippen LogP contribution is -2.35. The molecule has 1 amide bonds. The number of halogens is 2. The van der Waals surface area contributed by atoms with E-state index >= 15 is 0 Å². The number of nitrogens with two attached hydrogens (primary N) is 1. The minimum Gasteiger partial charge on any atom is -0.339 e. The Labute approximate surface area is 122 Å². The van der Waals surface area contributed by atoms with E-state index in [1.165, 1.54) is 4.90 Å². The quantitative estimate of drug-likeness (QED) is 0.897. The van der Waals surface area contributed by atoms with Crippen molar-refractivity contribution in [1.82, 2.24) is 4.90 Å². The third-order valence-electron chi connectivity index (χ3n) is 2.80. The zero-order valence-corrected chi connectivity index (χ0v) is 12.9. The van der Waals surface area contributed by atoms with Gasteiger partial charge in [0.05, 0.1) is 5.56 Å². The van der Waals surface area contributed by atoms with E-state index < -0.39 is 38.0 Å². The summed E-state index contributed by atoms with van der Waals surface area (Å²) < 4.78 is 50.1. The summed E-state index contributed by atoms with van der Waals surface area (Å²) in [6.07, 6.45) is 0. The van der Waals surface area contributed by atoms with Crippen LogP contribution in [0, 0.1) is 17.6 Å². The number of carbonyl (C=O) groups is 1. The van der Waals surface area contributed by atoms with E-state index in [1.54, 1.807) is 6.92 Å². The molecule has 0 aliphatic carbocycles. The number of hydrogen-bond donors (Lipinski definition) is 1. The van der Waals surface area contributed by atoms with Crippen molar-refractivity contribution in [3.05, 3.63) is 29.3 Å². The van der Waals surface area contributed by atoms with Gasteiger partial charge in [0, 0.05) is 13.1 Å². The van der Waals surface area contributed by atoms with Gasteiger partial charge in [-0.2, -0.15) is 0 Å². The fourth-order valence-electron chi connectivity index (χ4n) is 1.89. The van der Waals surface area contributed by atoms with Crippen LogP contribution in [0.2, 0.25) is 0 Å². The van der Waals surface area contributed by atoms with Gasteiger partial charge in [0.2, 0.25) is 10.0 Å². The van der Waals surface area contributed by atoms with Crippen LogP contribution < -0.4 is 5.14 Å². The van der Waals surface area contributed by atoms with Gasteiger partial charge in [-0.15, -0.1) is 0 Å². The molecule has 5 nitrogen and oxygen atoms in total. The summed E-state index contributed by atoms with van der Waals surface area (Å²) in [5, 5.41) is 4.83. The molecule has 1 aromatic rings. The van der Waals surface area contributed by atoms with Crippen LogP contribution in [0.1, 0.15) is 31.1 Å². The summed E-state index contributed by atoms with van der Waals surface area (Å²) in [5.41, 5.74) is -0.637. The Morgan fingerprint density at radius 1 is 1.33 bits per heavy atom. The van der Waals surface area contributed by atoms with Gasteiger partial charge >= 0.3 is 0 Å². The van der Waals surface area contributed by atoms with E-state index in [0.717, 1.165) is 0 Å². The minimum absolute atomic E-state index is 0.128. The second-order valence-electron chi connectivity index (χ2n) is 5.05. The highest BCUT2D eigenvalue weighted by atomic mass is 32.2. The van der Waals surface area contributed by atoms with Crippen molar-refractivity contribution in [2.24, 2.45) is 11.1 Å². The van der Waals surface area contributed by atoms with Crippen LogP contribution in [-0.4, -0.2) is 32.3 Å². The van der Waals surface area contributed by atoms with Crippen LogP contribution in [-0.2, 0) is 10.0 Å². The second-order valence-corrected chi connectivity index (χ2v) is 6.58. The molecule has 1 rings (SSSR count). The number of rotatable bonds is 5. The Balaban J connectivity index is 3.36. The molecule has 0 aliphatic rings. The molecule has 0 aromatic heterocycles. The third kappa shape index (κ3) is 4.21. The van der Waals surface area contributed by atoms with Crippen molar-refractivity contribution in [2.45, 2.75) is 25.7 Å². The van der Waals surface area contributed by atoms with E-state index in [9.17, 15) is 22.0 Å². The number of carbonyl (C=O) groups excluding carboxylic acids is 1. The summed E-state index contributed by atoms with van der Waals surface area (Å²) in [4.78, 5) is 12.5. The zero-order valence-electron chi connectivity index (χ0n) is 12.1. The largest absolute Gasteiger partial charge is 0.339 e. The van der Waals surface area contributed by atoms with Crippen LogP contribution in [0.4, 0.5) is 8.78 Å². The van der Waals surface area contributed by atoms with Gasteiger partial charge in [-0.05, 0) is 25.0 Å². The predicted octanol–water partition coefficient (Wildman–Crippen LogP) is 1.73. The maximum absolute atomic E-state index is 14.2. The van der Waals surface area contributed by atoms with Crippen LogP contribution >= 0.6 is 0 Å². The van der Waals surface area contributed by atoms with Crippen LogP contribution in [0.15, 0.2) is 17.0 Å². The monoisotopic (exact) mass is 320 g/mol. The van der Waals surface area contributed by atoms with Gasteiger partial charge in [-0.1, -0.05) is 13.8 Å². The number of hydrogen-bond acceptors (Lipinski definition) is 3. The number of primary sulfonamides is 1. The van der Waals surface area contributed by atoms with E-state index in [0.29, 0.717) is 18.7 Å². The Kier molecular flexibility index (Phi) is 5.41. The van der Waals surface area contributed by atoms with Gasteiger partial charge in [0.15, 0.2) is 5.82 Å². The number of benzene rings is 1. The SMILES string of the molecule is CCN(CC(C)C)C(=O)c1cc(F)cc(S(N)(=O)=O)c1F. The summed E-state index contributed by atoms with van der Waals surface area (Å²) in [7, 11) is -4.45. The molecular weight excluding hydrogens is 302 g/mol. The third-order valence-corrected chi connectivity index (χ3v) is 3.71. The van der Waals surface area contributed by atoms with Crippen LogP contribution in [0.5, 0.6) is 0 Å². The molecule has 8 heteroatoms. The average Bonchev–Trinajstić information content (AvgIpc) is 2.36. The van der Waals surface area contributed by atoms with Gasteiger partial charge < -0.3 is 4.90 Å².